The second-order valence-corrected chi connectivity index (χ2v) is 7.66. The van der Waals surface area contributed by atoms with Gasteiger partial charge in [0.2, 0.25) is 11.9 Å². The number of aryl methyl sites for hydroxylation is 2. The summed E-state index contributed by atoms with van der Waals surface area (Å²) in [5.41, 5.74) is 1.86. The van der Waals surface area contributed by atoms with E-state index in [0.717, 1.165) is 11.1 Å². The molecule has 0 saturated carbocycles. The van der Waals surface area contributed by atoms with E-state index in [1.807, 2.05) is 0 Å². The summed E-state index contributed by atoms with van der Waals surface area (Å²) in [5.74, 6) is -1.82. The van der Waals surface area contributed by atoms with Gasteiger partial charge in [0.25, 0.3) is 5.91 Å². The zero-order valence-corrected chi connectivity index (χ0v) is 18.0. The standard InChI is InChI=1S/C20H20ClF4N5O2/c1-11-8-13(4-5-14(11)22)29(7-3-6-21)18(32)15-10-17(31)28-30(15)19-26-12(2)9-16(27-19)20(23,24)25/h4-5,8-9,15H,3,6-7,10H2,1-2H3,(H,28,31). The molecule has 1 atom stereocenters. The molecule has 1 aromatic carbocycles. The van der Waals surface area contributed by atoms with Crippen LogP contribution in [-0.4, -0.2) is 40.2 Å². The third-order valence-electron chi connectivity index (χ3n) is 4.80. The molecule has 172 valence electrons. The van der Waals surface area contributed by atoms with Crippen molar-refractivity contribution >= 4 is 35.1 Å². The van der Waals surface area contributed by atoms with Crippen molar-refractivity contribution in [2.75, 3.05) is 22.3 Å². The Balaban J connectivity index is 1.99. The number of hydrogen-bond donors (Lipinski definition) is 1. The lowest BCUT2D eigenvalue weighted by molar-refractivity contribution is -0.141. The minimum absolute atomic E-state index is 0.0165. The van der Waals surface area contributed by atoms with Gasteiger partial charge >= 0.3 is 6.18 Å². The first-order valence-corrected chi connectivity index (χ1v) is 10.2. The van der Waals surface area contributed by atoms with E-state index in [0.29, 0.717) is 17.7 Å². The highest BCUT2D eigenvalue weighted by molar-refractivity contribution is 6.17. The summed E-state index contributed by atoms with van der Waals surface area (Å²) in [7, 11) is 0. The zero-order chi connectivity index (χ0) is 23.6. The molecule has 1 N–H and O–H groups in total. The van der Waals surface area contributed by atoms with Crippen molar-refractivity contribution < 1.29 is 27.2 Å². The van der Waals surface area contributed by atoms with Gasteiger partial charge in [-0.1, -0.05) is 0 Å². The number of hydrazine groups is 1. The van der Waals surface area contributed by atoms with Gasteiger partial charge in [-0.25, -0.2) is 19.4 Å². The number of aromatic nitrogens is 2. The number of anilines is 2. The number of alkyl halides is 4. The highest BCUT2D eigenvalue weighted by atomic mass is 35.5. The molecule has 1 aliphatic rings. The van der Waals surface area contributed by atoms with Gasteiger partial charge < -0.3 is 4.90 Å². The zero-order valence-electron chi connectivity index (χ0n) is 17.2. The first kappa shape index (κ1) is 23.7. The highest BCUT2D eigenvalue weighted by Gasteiger charge is 2.41. The van der Waals surface area contributed by atoms with Crippen LogP contribution in [0.25, 0.3) is 0 Å². The second kappa shape index (κ2) is 9.27. The van der Waals surface area contributed by atoms with E-state index in [-0.39, 0.29) is 24.5 Å². The molecule has 2 aromatic rings. The average Bonchev–Trinajstić information content (AvgIpc) is 3.11. The average molecular weight is 474 g/mol. The largest absolute Gasteiger partial charge is 0.433 e. The molecule has 0 bridgehead atoms. The topological polar surface area (TPSA) is 78.4 Å². The lowest BCUT2D eigenvalue weighted by Gasteiger charge is -2.30. The Morgan fingerprint density at radius 3 is 2.62 bits per heavy atom. The number of halogens is 5. The fourth-order valence-electron chi connectivity index (χ4n) is 3.28. The molecule has 12 heteroatoms. The predicted octanol–water partition coefficient (Wildman–Crippen LogP) is 3.52. The first-order chi connectivity index (χ1) is 15.0. The van der Waals surface area contributed by atoms with Gasteiger partial charge in [-0.15, -0.1) is 11.6 Å². The first-order valence-electron chi connectivity index (χ1n) is 9.66. The maximum Gasteiger partial charge on any atom is 0.433 e. The third-order valence-corrected chi connectivity index (χ3v) is 5.07. The summed E-state index contributed by atoms with van der Waals surface area (Å²) in [4.78, 5) is 34.3. The predicted molar refractivity (Wildman–Crippen MR) is 110 cm³/mol. The number of benzene rings is 1. The molecule has 0 radical (unpaired) electrons. The van der Waals surface area contributed by atoms with Crippen molar-refractivity contribution in [1.29, 1.82) is 0 Å². The lowest BCUT2D eigenvalue weighted by Crippen LogP contribution is -2.50. The van der Waals surface area contributed by atoms with Crippen LogP contribution in [0.1, 0.15) is 29.8 Å². The van der Waals surface area contributed by atoms with E-state index in [1.54, 1.807) is 0 Å². The van der Waals surface area contributed by atoms with Crippen LogP contribution in [0.5, 0.6) is 0 Å². The van der Waals surface area contributed by atoms with E-state index >= 15 is 0 Å². The molecule has 2 heterocycles. The van der Waals surface area contributed by atoms with Crippen LogP contribution < -0.4 is 15.3 Å². The minimum atomic E-state index is -4.73. The van der Waals surface area contributed by atoms with Crippen molar-refractivity contribution in [2.45, 2.75) is 38.9 Å². The van der Waals surface area contributed by atoms with E-state index in [2.05, 4.69) is 15.4 Å². The molecular weight excluding hydrogens is 454 g/mol. The van der Waals surface area contributed by atoms with Crippen LogP contribution in [0.4, 0.5) is 29.2 Å². The van der Waals surface area contributed by atoms with Crippen LogP contribution in [0, 0.1) is 19.7 Å². The van der Waals surface area contributed by atoms with Crippen LogP contribution >= 0.6 is 11.6 Å². The number of nitrogens with one attached hydrogen (secondary N) is 1. The highest BCUT2D eigenvalue weighted by Crippen LogP contribution is 2.30. The quantitative estimate of drug-likeness (QED) is 0.513. The fourth-order valence-corrected chi connectivity index (χ4v) is 3.40. The molecule has 1 saturated heterocycles. The molecule has 7 nitrogen and oxygen atoms in total. The van der Waals surface area contributed by atoms with Gasteiger partial charge in [-0.3, -0.25) is 15.0 Å². The van der Waals surface area contributed by atoms with Crippen LogP contribution in [0.2, 0.25) is 0 Å². The van der Waals surface area contributed by atoms with Crippen molar-refractivity contribution in [3.63, 3.8) is 0 Å². The Hall–Kier alpha value is -2.95. The summed E-state index contributed by atoms with van der Waals surface area (Å²) in [6.07, 6.45) is -4.64. The summed E-state index contributed by atoms with van der Waals surface area (Å²) in [6, 6.07) is 3.66. The van der Waals surface area contributed by atoms with Crippen molar-refractivity contribution in [3.05, 3.63) is 47.0 Å². The third kappa shape index (κ3) is 5.09. The monoisotopic (exact) mass is 473 g/mol. The second-order valence-electron chi connectivity index (χ2n) is 7.28. The molecule has 2 amide bonds. The molecule has 3 rings (SSSR count). The van der Waals surface area contributed by atoms with E-state index in [4.69, 9.17) is 11.6 Å². The lowest BCUT2D eigenvalue weighted by atomic mass is 10.1. The maximum absolute atomic E-state index is 13.7. The van der Waals surface area contributed by atoms with Crippen LogP contribution in [0.3, 0.4) is 0 Å². The Morgan fingerprint density at radius 2 is 2.00 bits per heavy atom. The van der Waals surface area contributed by atoms with Gasteiger partial charge in [0.1, 0.15) is 17.6 Å². The van der Waals surface area contributed by atoms with E-state index in [1.165, 1.54) is 36.9 Å². The molecule has 1 unspecified atom stereocenters. The normalized spacial score (nSPS) is 16.3. The molecule has 1 aromatic heterocycles. The number of rotatable bonds is 6. The fraction of sp³-hybridized carbons (Fsp3) is 0.400. The molecule has 0 aliphatic carbocycles. The number of amides is 2. The van der Waals surface area contributed by atoms with E-state index in [9.17, 15) is 27.2 Å². The Bertz CT molecular complexity index is 1030. The Kier molecular flexibility index (Phi) is 6.87. The van der Waals surface area contributed by atoms with E-state index < -0.39 is 41.5 Å². The van der Waals surface area contributed by atoms with Crippen molar-refractivity contribution in [2.24, 2.45) is 0 Å². The smallest absolute Gasteiger partial charge is 0.311 e. The number of carbonyl (C=O) groups excluding carboxylic acids is 2. The van der Waals surface area contributed by atoms with Gasteiger partial charge in [-0.05, 0) is 50.1 Å². The molecule has 1 fully saturated rings. The van der Waals surface area contributed by atoms with Crippen LogP contribution in [0.15, 0.2) is 24.3 Å². The Morgan fingerprint density at radius 1 is 1.28 bits per heavy atom. The molecule has 0 spiro atoms. The van der Waals surface area contributed by atoms with Crippen molar-refractivity contribution in [1.82, 2.24) is 15.4 Å². The summed E-state index contributed by atoms with van der Waals surface area (Å²) >= 11 is 5.78. The Labute approximate surface area is 186 Å². The summed E-state index contributed by atoms with van der Waals surface area (Å²) in [6.45, 7) is 3.05. The number of nitrogens with zero attached hydrogens (tertiary/aromatic N) is 4. The maximum atomic E-state index is 13.7. The van der Waals surface area contributed by atoms with Crippen molar-refractivity contribution in [3.8, 4) is 0 Å². The SMILES string of the molecule is Cc1cc(C(F)(F)F)nc(N2NC(=O)CC2C(=O)N(CCCCl)c2ccc(F)c(C)c2)n1. The summed E-state index contributed by atoms with van der Waals surface area (Å²) in [5, 5.41) is 0.941. The van der Waals surface area contributed by atoms with Gasteiger partial charge in [0, 0.05) is 23.8 Å². The molecular formula is C20H20ClF4N5O2. The van der Waals surface area contributed by atoms with Crippen LogP contribution in [-0.2, 0) is 15.8 Å². The van der Waals surface area contributed by atoms with Gasteiger partial charge in [-0.2, -0.15) is 13.2 Å². The van der Waals surface area contributed by atoms with Gasteiger partial charge in [0.15, 0.2) is 0 Å². The summed E-state index contributed by atoms with van der Waals surface area (Å²) < 4.78 is 53.4. The molecule has 32 heavy (non-hydrogen) atoms. The molecule has 1 aliphatic heterocycles. The minimum Gasteiger partial charge on any atom is -0.311 e. The number of hydrogen-bond acceptors (Lipinski definition) is 5. The van der Waals surface area contributed by atoms with Gasteiger partial charge in [0.05, 0.1) is 6.42 Å². The number of carbonyl (C=O) groups is 2.